The Morgan fingerprint density at radius 3 is 2.79 bits per heavy atom. The number of hydrogen-bond acceptors (Lipinski definition) is 6. The molecule has 0 aromatic heterocycles. The van der Waals surface area contributed by atoms with Gasteiger partial charge in [0.25, 0.3) is 0 Å². The van der Waals surface area contributed by atoms with Gasteiger partial charge in [0, 0.05) is 12.8 Å². The largest absolute Gasteiger partial charge is 0.394 e. The normalized spacial score (nSPS) is 39.6. The second kappa shape index (κ2) is 6.16. The molecule has 0 saturated carbocycles. The third-order valence-corrected chi connectivity index (χ3v) is 4.09. The molecule has 2 fully saturated rings. The molecule has 1 unspecified atom stereocenters. The second-order valence-corrected chi connectivity index (χ2v) is 5.35. The molecule has 108 valence electrons. The first-order chi connectivity index (χ1) is 9.15. The predicted molar refractivity (Wildman–Crippen MR) is 65.1 cm³/mol. The van der Waals surface area contributed by atoms with Crippen molar-refractivity contribution in [2.45, 2.75) is 62.1 Å². The maximum atomic E-state index is 9.67. The Morgan fingerprint density at radius 2 is 2.16 bits per heavy atom. The zero-order chi connectivity index (χ0) is 13.9. The summed E-state index contributed by atoms with van der Waals surface area (Å²) in [6, 6.07) is 2.09. The van der Waals surface area contributed by atoms with Gasteiger partial charge in [0.15, 0.2) is 0 Å². The minimum Gasteiger partial charge on any atom is -0.394 e. The van der Waals surface area contributed by atoms with Gasteiger partial charge in [0.05, 0.1) is 37.6 Å². The van der Waals surface area contributed by atoms with Crippen LogP contribution >= 0.6 is 0 Å². The molecule has 0 spiro atoms. The molecule has 2 rings (SSSR count). The van der Waals surface area contributed by atoms with Crippen LogP contribution in [0.25, 0.3) is 0 Å². The Bertz CT molecular complexity index is 344. The first-order valence-corrected chi connectivity index (χ1v) is 6.75. The van der Waals surface area contributed by atoms with E-state index in [1.807, 2.05) is 0 Å². The Kier molecular flexibility index (Phi) is 4.76. The summed E-state index contributed by atoms with van der Waals surface area (Å²) >= 11 is 0. The molecule has 6 nitrogen and oxygen atoms in total. The first kappa shape index (κ1) is 14.7. The lowest BCUT2D eigenvalue weighted by Gasteiger charge is -2.40. The molecule has 2 heterocycles. The van der Waals surface area contributed by atoms with Gasteiger partial charge < -0.3 is 24.8 Å². The van der Waals surface area contributed by atoms with E-state index in [-0.39, 0.29) is 25.4 Å². The quantitative estimate of drug-likeness (QED) is 0.635. The first-order valence-electron chi connectivity index (χ1n) is 6.75. The van der Waals surface area contributed by atoms with Crippen LogP contribution in [-0.4, -0.2) is 58.6 Å². The van der Waals surface area contributed by atoms with Gasteiger partial charge in [-0.05, 0) is 19.3 Å². The number of rotatable bonds is 5. The van der Waals surface area contributed by atoms with Gasteiger partial charge in [-0.2, -0.15) is 5.26 Å². The topological polar surface area (TPSA) is 103 Å². The van der Waals surface area contributed by atoms with Crippen molar-refractivity contribution in [3.05, 3.63) is 0 Å². The molecule has 2 aliphatic rings. The zero-order valence-corrected chi connectivity index (χ0v) is 10.9. The summed E-state index contributed by atoms with van der Waals surface area (Å²) in [6.45, 7) is -0.536. The molecule has 0 aliphatic carbocycles. The van der Waals surface area contributed by atoms with Crippen molar-refractivity contribution < 1.29 is 24.8 Å². The fraction of sp³-hybridized carbons (Fsp3) is 0.923. The van der Waals surface area contributed by atoms with Crippen molar-refractivity contribution in [2.24, 2.45) is 0 Å². The molecular formula is C13H21NO5. The third-order valence-electron chi connectivity index (χ3n) is 4.09. The fourth-order valence-corrected chi connectivity index (χ4v) is 3.02. The molecule has 5 atom stereocenters. The summed E-state index contributed by atoms with van der Waals surface area (Å²) in [5.41, 5.74) is -0.792. The number of nitrogens with zero attached hydrogens (tertiary/aromatic N) is 1. The maximum absolute atomic E-state index is 9.67. The molecule has 0 bridgehead atoms. The highest BCUT2D eigenvalue weighted by Crippen LogP contribution is 2.42. The Balaban J connectivity index is 2.02. The minimum absolute atomic E-state index is 0.0448. The summed E-state index contributed by atoms with van der Waals surface area (Å²) < 4.78 is 11.7. The van der Waals surface area contributed by atoms with E-state index in [0.717, 1.165) is 12.8 Å². The summed E-state index contributed by atoms with van der Waals surface area (Å²) in [5.74, 6) is 0. The van der Waals surface area contributed by atoms with Crippen LogP contribution in [0.4, 0.5) is 0 Å². The van der Waals surface area contributed by atoms with E-state index >= 15 is 0 Å². The Morgan fingerprint density at radius 1 is 1.37 bits per heavy atom. The number of aliphatic hydroxyl groups excluding tert-OH is 3. The highest BCUT2D eigenvalue weighted by atomic mass is 16.6. The zero-order valence-electron chi connectivity index (χ0n) is 10.9. The lowest BCUT2D eigenvalue weighted by Crippen LogP contribution is -2.51. The number of ether oxygens (including phenoxy) is 2. The summed E-state index contributed by atoms with van der Waals surface area (Å²) in [6.07, 6.45) is 1.24. The average Bonchev–Trinajstić information content (AvgIpc) is 2.83. The van der Waals surface area contributed by atoms with Crippen LogP contribution in [0, 0.1) is 11.3 Å². The smallest absolute Gasteiger partial charge is 0.120 e. The van der Waals surface area contributed by atoms with Crippen LogP contribution in [-0.2, 0) is 9.47 Å². The highest BCUT2D eigenvalue weighted by Gasteiger charge is 2.54. The van der Waals surface area contributed by atoms with Gasteiger partial charge in [-0.15, -0.1) is 0 Å². The predicted octanol–water partition coefficient (Wildman–Crippen LogP) is -0.289. The van der Waals surface area contributed by atoms with Gasteiger partial charge in [0.2, 0.25) is 0 Å². The minimum atomic E-state index is -0.949. The van der Waals surface area contributed by atoms with Crippen molar-refractivity contribution in [1.82, 2.24) is 0 Å². The number of fused-ring (bicyclic) bond motifs is 1. The maximum Gasteiger partial charge on any atom is 0.120 e. The van der Waals surface area contributed by atoms with Gasteiger partial charge in [0.1, 0.15) is 11.7 Å². The molecule has 0 radical (unpaired) electrons. The van der Waals surface area contributed by atoms with E-state index in [0.29, 0.717) is 19.3 Å². The van der Waals surface area contributed by atoms with Gasteiger partial charge in [-0.3, -0.25) is 0 Å². The van der Waals surface area contributed by atoms with E-state index in [1.54, 1.807) is 0 Å². The van der Waals surface area contributed by atoms with E-state index < -0.39 is 17.8 Å². The van der Waals surface area contributed by atoms with Crippen molar-refractivity contribution in [1.29, 1.82) is 5.26 Å². The van der Waals surface area contributed by atoms with Gasteiger partial charge in [-0.25, -0.2) is 0 Å². The van der Waals surface area contributed by atoms with Crippen LogP contribution < -0.4 is 0 Å². The van der Waals surface area contributed by atoms with Crippen molar-refractivity contribution in [2.75, 3.05) is 13.2 Å². The van der Waals surface area contributed by atoms with Crippen molar-refractivity contribution in [3.63, 3.8) is 0 Å². The second-order valence-electron chi connectivity index (χ2n) is 5.35. The van der Waals surface area contributed by atoms with Gasteiger partial charge in [-0.1, -0.05) is 0 Å². The Labute approximate surface area is 112 Å². The Hall–Kier alpha value is -0.710. The molecule has 19 heavy (non-hydrogen) atoms. The average molecular weight is 271 g/mol. The summed E-state index contributed by atoms with van der Waals surface area (Å²) in [7, 11) is 0. The number of nitriles is 1. The van der Waals surface area contributed by atoms with Crippen LogP contribution in [0.5, 0.6) is 0 Å². The summed E-state index contributed by atoms with van der Waals surface area (Å²) in [4.78, 5) is 0. The molecule has 2 aliphatic heterocycles. The molecule has 3 N–H and O–H groups in total. The fourth-order valence-electron chi connectivity index (χ4n) is 3.02. The molecule has 2 saturated heterocycles. The monoisotopic (exact) mass is 271 g/mol. The molecule has 0 aromatic carbocycles. The van der Waals surface area contributed by atoms with Crippen LogP contribution in [0.15, 0.2) is 0 Å². The van der Waals surface area contributed by atoms with Crippen LogP contribution in [0.2, 0.25) is 0 Å². The molecular weight excluding hydrogens is 250 g/mol. The molecule has 0 amide bonds. The van der Waals surface area contributed by atoms with Crippen LogP contribution in [0.1, 0.15) is 32.1 Å². The van der Waals surface area contributed by atoms with E-state index in [9.17, 15) is 10.2 Å². The van der Waals surface area contributed by atoms with E-state index in [4.69, 9.17) is 19.8 Å². The number of aliphatic hydroxyl groups is 3. The van der Waals surface area contributed by atoms with Gasteiger partial charge >= 0.3 is 0 Å². The standard InChI is InChI=1S/C13H21NO5/c14-5-1-2-9-3-4-12-13(8-16,19-9)6-11(18-12)10(17)7-15/h9-12,15-17H,1-4,6-8H2/t9-,10+,11+,12-,13?/m0/s1. The van der Waals surface area contributed by atoms with E-state index in [1.165, 1.54) is 0 Å². The highest BCUT2D eigenvalue weighted by molar-refractivity contribution is 5.02. The van der Waals surface area contributed by atoms with Crippen LogP contribution in [0.3, 0.4) is 0 Å². The molecule has 6 heteroatoms. The van der Waals surface area contributed by atoms with Crippen molar-refractivity contribution >= 4 is 0 Å². The lowest BCUT2D eigenvalue weighted by atomic mass is 9.86. The third kappa shape index (κ3) is 2.91. The summed E-state index contributed by atoms with van der Waals surface area (Å²) in [5, 5.41) is 36.9. The van der Waals surface area contributed by atoms with Crippen molar-refractivity contribution in [3.8, 4) is 6.07 Å². The number of hydrogen-bond donors (Lipinski definition) is 3. The molecule has 0 aromatic rings. The van der Waals surface area contributed by atoms with E-state index in [2.05, 4.69) is 6.07 Å². The SMILES string of the molecule is N#CCC[C@H]1CC[C@@H]2O[C@@H]([C@H](O)CO)CC2(CO)O1. The lowest BCUT2D eigenvalue weighted by molar-refractivity contribution is -0.185.